The fourth-order valence-electron chi connectivity index (χ4n) is 3.42. The second kappa shape index (κ2) is 10.5. The van der Waals surface area contributed by atoms with Crippen LogP contribution in [0, 0.1) is 11.6 Å². The Hall–Kier alpha value is -3.11. The molecule has 2 aromatic carbocycles. The van der Waals surface area contributed by atoms with E-state index in [1.165, 1.54) is 13.8 Å². The van der Waals surface area contributed by atoms with E-state index in [2.05, 4.69) is 5.16 Å². The van der Waals surface area contributed by atoms with E-state index in [1.54, 1.807) is 13.2 Å². The van der Waals surface area contributed by atoms with Crippen LogP contribution in [-0.4, -0.2) is 37.8 Å². The summed E-state index contributed by atoms with van der Waals surface area (Å²) in [4.78, 5) is 12.2. The molecule has 0 amide bonds. The molecule has 0 N–H and O–H groups in total. The van der Waals surface area contributed by atoms with Gasteiger partial charge < -0.3 is 14.0 Å². The number of benzene rings is 2. The van der Waals surface area contributed by atoms with Gasteiger partial charge >= 0.3 is 0 Å². The summed E-state index contributed by atoms with van der Waals surface area (Å²) in [6, 6.07) is 11.2. The second-order valence-corrected chi connectivity index (χ2v) is 12.1. The van der Waals surface area contributed by atoms with Gasteiger partial charge in [0.05, 0.1) is 32.4 Å². The average molecular weight is 522 g/mol. The zero-order chi connectivity index (χ0) is 26.7. The molecule has 0 saturated carbocycles. The minimum Gasteiger partial charge on any atom is -0.497 e. The van der Waals surface area contributed by atoms with Gasteiger partial charge in [0.25, 0.3) is 0 Å². The summed E-state index contributed by atoms with van der Waals surface area (Å²) >= 11 is 0. The summed E-state index contributed by atoms with van der Waals surface area (Å²) in [5.74, 6) is -1.97. The summed E-state index contributed by atoms with van der Waals surface area (Å²) in [6.07, 6.45) is -0.370. The number of Topliss-reactive ketones (excluding diaryl/α,β-unsaturated/α-hetero) is 1. The van der Waals surface area contributed by atoms with Crippen molar-refractivity contribution < 1.29 is 36.0 Å². The van der Waals surface area contributed by atoms with Crippen LogP contribution >= 0.6 is 0 Å². The Morgan fingerprint density at radius 1 is 1.03 bits per heavy atom. The van der Waals surface area contributed by atoms with E-state index in [1.807, 2.05) is 38.1 Å². The van der Waals surface area contributed by atoms with E-state index in [0.717, 1.165) is 23.4 Å². The number of halogens is 2. The van der Waals surface area contributed by atoms with Crippen LogP contribution in [0.25, 0.3) is 0 Å². The van der Waals surface area contributed by atoms with Gasteiger partial charge in [0.2, 0.25) is 0 Å². The Balaban J connectivity index is 1.67. The summed E-state index contributed by atoms with van der Waals surface area (Å²) in [7, 11) is -2.85. The Labute approximate surface area is 209 Å². The van der Waals surface area contributed by atoms with Crippen LogP contribution in [-0.2, 0) is 37.8 Å². The smallest absolute Gasteiger partial charge is 0.193 e. The van der Waals surface area contributed by atoms with Gasteiger partial charge in [-0.15, -0.1) is 0 Å². The second-order valence-electron chi connectivity index (χ2n) is 9.59. The van der Waals surface area contributed by atoms with E-state index in [4.69, 9.17) is 14.0 Å². The van der Waals surface area contributed by atoms with Crippen molar-refractivity contribution in [2.45, 2.75) is 55.8 Å². The van der Waals surface area contributed by atoms with Crippen LogP contribution in [0.5, 0.6) is 5.75 Å². The normalized spacial score (nSPS) is 12.5. The summed E-state index contributed by atoms with van der Waals surface area (Å²) in [5, 5.41) is 4.04. The van der Waals surface area contributed by atoms with Gasteiger partial charge in [-0.1, -0.05) is 31.1 Å². The predicted octanol–water partition coefficient (Wildman–Crippen LogP) is 4.82. The number of carbonyl (C=O) groups is 1. The predicted molar refractivity (Wildman–Crippen MR) is 129 cm³/mol. The van der Waals surface area contributed by atoms with Gasteiger partial charge in [0.15, 0.2) is 15.6 Å². The minimum absolute atomic E-state index is 0.168. The third-order valence-electron chi connectivity index (χ3n) is 6.00. The molecule has 3 aromatic rings. The van der Waals surface area contributed by atoms with Gasteiger partial charge in [-0.05, 0) is 43.7 Å². The number of sulfone groups is 1. The molecule has 0 spiro atoms. The van der Waals surface area contributed by atoms with E-state index >= 15 is 0 Å². The van der Waals surface area contributed by atoms with Crippen LogP contribution < -0.4 is 4.74 Å². The standard InChI is InChI=1S/C26H29F2NO6S/c1-25(2,16-34-15-17-6-9-19(33-5)10-7-17)23-13-20(35-29-23)14-24(30)26(3,4)36(31,32)22-11-8-18(27)12-21(22)28/h6-13H,14-16H2,1-5H3. The van der Waals surface area contributed by atoms with Gasteiger partial charge in [0, 0.05) is 17.5 Å². The number of aromatic nitrogens is 1. The van der Waals surface area contributed by atoms with Crippen LogP contribution in [0.2, 0.25) is 0 Å². The van der Waals surface area contributed by atoms with Crippen molar-refractivity contribution in [2.75, 3.05) is 13.7 Å². The molecule has 1 aromatic heterocycles. The lowest BCUT2D eigenvalue weighted by Gasteiger charge is -2.23. The molecular formula is C26H29F2NO6S. The molecule has 3 rings (SSSR count). The minimum atomic E-state index is -4.45. The number of rotatable bonds is 11. The zero-order valence-corrected chi connectivity index (χ0v) is 21.6. The highest BCUT2D eigenvalue weighted by Gasteiger charge is 2.44. The van der Waals surface area contributed by atoms with E-state index in [9.17, 15) is 22.0 Å². The molecule has 194 valence electrons. The Bertz CT molecular complexity index is 1330. The third-order valence-corrected chi connectivity index (χ3v) is 8.49. The van der Waals surface area contributed by atoms with Gasteiger partial charge in [-0.3, -0.25) is 4.79 Å². The molecule has 10 heteroatoms. The molecule has 0 unspecified atom stereocenters. The van der Waals surface area contributed by atoms with Crippen LogP contribution in [0.4, 0.5) is 8.78 Å². The maximum absolute atomic E-state index is 14.2. The van der Waals surface area contributed by atoms with E-state index in [-0.39, 0.29) is 12.2 Å². The molecule has 0 atom stereocenters. The van der Waals surface area contributed by atoms with Crippen molar-refractivity contribution in [1.29, 1.82) is 0 Å². The third kappa shape index (κ3) is 5.82. The number of methoxy groups -OCH3 is 1. The summed E-state index contributed by atoms with van der Waals surface area (Å²) in [5.41, 5.74) is 0.945. The van der Waals surface area contributed by atoms with Crippen molar-refractivity contribution in [3.05, 3.63) is 77.2 Å². The van der Waals surface area contributed by atoms with Crippen molar-refractivity contribution in [3.8, 4) is 5.75 Å². The first-order chi connectivity index (χ1) is 16.8. The fraction of sp³-hybridized carbons (Fsp3) is 0.385. The molecule has 0 saturated heterocycles. The molecule has 0 aliphatic heterocycles. The lowest BCUT2D eigenvalue weighted by molar-refractivity contribution is -0.120. The number of carbonyl (C=O) groups excluding carboxylic acids is 1. The van der Waals surface area contributed by atoms with Gasteiger partial charge in [-0.25, -0.2) is 17.2 Å². The van der Waals surface area contributed by atoms with Gasteiger partial charge in [-0.2, -0.15) is 0 Å². The Morgan fingerprint density at radius 3 is 2.31 bits per heavy atom. The molecule has 0 aliphatic carbocycles. The summed E-state index contributed by atoms with van der Waals surface area (Å²) < 4.78 is 67.7. The highest BCUT2D eigenvalue weighted by Crippen LogP contribution is 2.31. The highest BCUT2D eigenvalue weighted by molar-refractivity contribution is 7.93. The molecular weight excluding hydrogens is 492 g/mol. The van der Waals surface area contributed by atoms with Crippen molar-refractivity contribution in [1.82, 2.24) is 5.16 Å². The lowest BCUT2D eigenvalue weighted by atomic mass is 9.90. The first-order valence-electron chi connectivity index (χ1n) is 11.2. The number of hydrogen-bond acceptors (Lipinski definition) is 7. The Kier molecular flexibility index (Phi) is 8.00. The van der Waals surface area contributed by atoms with Gasteiger partial charge in [0.1, 0.15) is 32.8 Å². The molecule has 36 heavy (non-hydrogen) atoms. The lowest BCUT2D eigenvalue weighted by Crippen LogP contribution is -2.42. The van der Waals surface area contributed by atoms with Crippen molar-refractivity contribution in [3.63, 3.8) is 0 Å². The topological polar surface area (TPSA) is 95.7 Å². The van der Waals surface area contributed by atoms with E-state index < -0.39 is 42.3 Å². The monoisotopic (exact) mass is 521 g/mol. The molecule has 0 radical (unpaired) electrons. The van der Waals surface area contributed by atoms with Crippen molar-refractivity contribution >= 4 is 15.6 Å². The number of ketones is 1. The number of ether oxygens (including phenoxy) is 2. The molecule has 0 aliphatic rings. The molecule has 7 nitrogen and oxygen atoms in total. The van der Waals surface area contributed by atoms with Crippen LogP contribution in [0.3, 0.4) is 0 Å². The fourth-order valence-corrected chi connectivity index (χ4v) is 4.91. The first kappa shape index (κ1) is 27.5. The summed E-state index contributed by atoms with van der Waals surface area (Å²) in [6.45, 7) is 6.85. The molecule has 0 bridgehead atoms. The SMILES string of the molecule is COc1ccc(COCC(C)(C)c2cc(CC(=O)C(C)(C)S(=O)(=O)c3ccc(F)cc3F)on2)cc1. The van der Waals surface area contributed by atoms with Crippen LogP contribution in [0.1, 0.15) is 44.7 Å². The molecule has 0 fully saturated rings. The maximum atomic E-state index is 14.2. The quantitative estimate of drug-likeness (QED) is 0.334. The number of hydrogen-bond donors (Lipinski definition) is 0. The number of nitrogens with zero attached hydrogens (tertiary/aromatic N) is 1. The Morgan fingerprint density at radius 2 is 1.69 bits per heavy atom. The van der Waals surface area contributed by atoms with E-state index in [0.29, 0.717) is 25.0 Å². The molecule has 1 heterocycles. The zero-order valence-electron chi connectivity index (χ0n) is 20.8. The maximum Gasteiger partial charge on any atom is 0.193 e. The first-order valence-corrected chi connectivity index (χ1v) is 12.7. The highest BCUT2D eigenvalue weighted by atomic mass is 32.2. The van der Waals surface area contributed by atoms with Crippen molar-refractivity contribution in [2.24, 2.45) is 0 Å². The average Bonchev–Trinajstić information content (AvgIpc) is 3.28. The largest absolute Gasteiger partial charge is 0.497 e. The van der Waals surface area contributed by atoms with Crippen LogP contribution in [0.15, 0.2) is 57.9 Å².